The van der Waals surface area contributed by atoms with Crippen molar-refractivity contribution in [1.29, 1.82) is 0 Å². The molecule has 1 aromatic rings. The molecule has 0 aromatic heterocycles. The second-order valence-corrected chi connectivity index (χ2v) is 6.36. The van der Waals surface area contributed by atoms with Crippen LogP contribution >= 0.6 is 0 Å². The van der Waals surface area contributed by atoms with Gasteiger partial charge in [-0.2, -0.15) is 0 Å². The number of carbonyl (C=O) groups excluding carboxylic acids is 2. The Morgan fingerprint density at radius 3 is 2.62 bits per heavy atom. The minimum absolute atomic E-state index is 0.0477. The van der Waals surface area contributed by atoms with Crippen molar-refractivity contribution in [1.82, 2.24) is 10.2 Å². The first-order valence-electron chi connectivity index (χ1n) is 8.38. The lowest BCUT2D eigenvalue weighted by Gasteiger charge is -2.24. The number of halogens is 1. The van der Waals surface area contributed by atoms with Crippen LogP contribution in [0.25, 0.3) is 0 Å². The van der Waals surface area contributed by atoms with Gasteiger partial charge in [0.15, 0.2) is 0 Å². The standard InChI is InChI=1S/C18H22FN3O2/c19-14-6-8-15(9-7-14)20-18(24)21-16-10-11-22(12-16)17(23)13-4-2-1-3-5-13/h1-2,6-9,13,16H,3-5,10-12H2,(H2,20,21,24). The number of hydrogen-bond donors (Lipinski definition) is 2. The van der Waals surface area contributed by atoms with Crippen molar-refractivity contribution in [3.8, 4) is 0 Å². The zero-order valence-electron chi connectivity index (χ0n) is 13.5. The topological polar surface area (TPSA) is 61.4 Å². The maximum atomic E-state index is 12.9. The number of urea groups is 1. The molecule has 5 nitrogen and oxygen atoms in total. The van der Waals surface area contributed by atoms with E-state index in [-0.39, 0.29) is 29.7 Å². The van der Waals surface area contributed by atoms with Crippen LogP contribution in [0.4, 0.5) is 14.9 Å². The van der Waals surface area contributed by atoms with E-state index in [0.717, 1.165) is 25.7 Å². The van der Waals surface area contributed by atoms with Gasteiger partial charge in [0.1, 0.15) is 5.82 Å². The SMILES string of the molecule is O=C(Nc1ccc(F)cc1)NC1CCN(C(=O)C2CC=CCC2)C1. The second-order valence-electron chi connectivity index (χ2n) is 6.36. The minimum atomic E-state index is -0.344. The summed E-state index contributed by atoms with van der Waals surface area (Å²) in [4.78, 5) is 26.3. The lowest BCUT2D eigenvalue weighted by molar-refractivity contribution is -0.134. The number of anilines is 1. The number of amides is 3. The van der Waals surface area contributed by atoms with Crippen molar-refractivity contribution >= 4 is 17.6 Å². The van der Waals surface area contributed by atoms with Crippen LogP contribution in [0.2, 0.25) is 0 Å². The van der Waals surface area contributed by atoms with Crippen LogP contribution in [-0.2, 0) is 4.79 Å². The molecule has 1 saturated heterocycles. The Morgan fingerprint density at radius 1 is 1.12 bits per heavy atom. The van der Waals surface area contributed by atoms with Crippen molar-refractivity contribution in [2.45, 2.75) is 31.7 Å². The highest BCUT2D eigenvalue weighted by molar-refractivity contribution is 5.89. The molecule has 1 heterocycles. The summed E-state index contributed by atoms with van der Waals surface area (Å²) in [5.74, 6) is -0.0622. The van der Waals surface area contributed by atoms with Crippen LogP contribution in [0.1, 0.15) is 25.7 Å². The fraction of sp³-hybridized carbons (Fsp3) is 0.444. The summed E-state index contributed by atoms with van der Waals surface area (Å²) in [7, 11) is 0. The molecular weight excluding hydrogens is 309 g/mol. The molecule has 3 rings (SSSR count). The molecular formula is C18H22FN3O2. The number of nitrogens with one attached hydrogen (secondary N) is 2. The van der Waals surface area contributed by atoms with Gasteiger partial charge >= 0.3 is 6.03 Å². The van der Waals surface area contributed by atoms with E-state index in [0.29, 0.717) is 18.8 Å². The van der Waals surface area contributed by atoms with Crippen molar-refractivity contribution in [3.05, 3.63) is 42.2 Å². The Bertz CT molecular complexity index is 630. The van der Waals surface area contributed by atoms with E-state index in [1.165, 1.54) is 24.3 Å². The van der Waals surface area contributed by atoms with Crippen LogP contribution in [-0.4, -0.2) is 36.0 Å². The molecule has 0 radical (unpaired) electrons. The molecule has 0 bridgehead atoms. The zero-order chi connectivity index (χ0) is 16.9. The van der Waals surface area contributed by atoms with Gasteiger partial charge < -0.3 is 15.5 Å². The van der Waals surface area contributed by atoms with E-state index in [1.54, 1.807) is 0 Å². The van der Waals surface area contributed by atoms with Crippen LogP contribution in [0.15, 0.2) is 36.4 Å². The normalized spacial score (nSPS) is 23.1. The molecule has 2 atom stereocenters. The maximum Gasteiger partial charge on any atom is 0.319 e. The van der Waals surface area contributed by atoms with Gasteiger partial charge in [0.05, 0.1) is 0 Å². The first kappa shape index (κ1) is 16.5. The molecule has 128 valence electrons. The zero-order valence-corrected chi connectivity index (χ0v) is 13.5. The van der Waals surface area contributed by atoms with Gasteiger partial charge in [0.25, 0.3) is 0 Å². The van der Waals surface area contributed by atoms with Crippen molar-refractivity contribution in [2.75, 3.05) is 18.4 Å². The highest BCUT2D eigenvalue weighted by atomic mass is 19.1. The summed E-state index contributed by atoms with van der Waals surface area (Å²) in [6, 6.07) is 5.23. The highest BCUT2D eigenvalue weighted by Crippen LogP contribution is 2.23. The summed E-state index contributed by atoms with van der Waals surface area (Å²) < 4.78 is 12.9. The van der Waals surface area contributed by atoms with Crippen LogP contribution in [0.3, 0.4) is 0 Å². The molecule has 3 amide bonds. The molecule has 0 saturated carbocycles. The first-order valence-corrected chi connectivity index (χ1v) is 8.38. The third-order valence-corrected chi connectivity index (χ3v) is 4.56. The number of benzene rings is 1. The number of allylic oxidation sites excluding steroid dienone is 2. The van der Waals surface area contributed by atoms with Gasteiger partial charge in [-0.3, -0.25) is 4.79 Å². The Labute approximate surface area is 140 Å². The molecule has 2 N–H and O–H groups in total. The van der Waals surface area contributed by atoms with Gasteiger partial charge in [-0.1, -0.05) is 12.2 Å². The Morgan fingerprint density at radius 2 is 1.92 bits per heavy atom. The van der Waals surface area contributed by atoms with Crippen LogP contribution < -0.4 is 10.6 Å². The van der Waals surface area contributed by atoms with E-state index in [2.05, 4.69) is 22.8 Å². The smallest absolute Gasteiger partial charge is 0.319 e. The average Bonchev–Trinajstić information content (AvgIpc) is 3.05. The van der Waals surface area contributed by atoms with Gasteiger partial charge in [0.2, 0.25) is 5.91 Å². The molecule has 2 unspecified atom stereocenters. The lowest BCUT2D eigenvalue weighted by Crippen LogP contribution is -2.41. The third-order valence-electron chi connectivity index (χ3n) is 4.56. The molecule has 2 aliphatic rings. The van der Waals surface area contributed by atoms with Crippen molar-refractivity contribution < 1.29 is 14.0 Å². The Hall–Kier alpha value is -2.37. The predicted octanol–water partition coefficient (Wildman–Crippen LogP) is 2.90. The predicted molar refractivity (Wildman–Crippen MR) is 90.0 cm³/mol. The largest absolute Gasteiger partial charge is 0.340 e. The lowest BCUT2D eigenvalue weighted by atomic mass is 9.93. The fourth-order valence-corrected chi connectivity index (χ4v) is 3.24. The molecule has 0 spiro atoms. The molecule has 1 aliphatic carbocycles. The number of rotatable bonds is 3. The summed E-state index contributed by atoms with van der Waals surface area (Å²) in [6.07, 6.45) is 7.65. The average molecular weight is 331 g/mol. The molecule has 6 heteroatoms. The molecule has 1 aromatic carbocycles. The Kier molecular flexibility index (Phi) is 5.13. The third kappa shape index (κ3) is 4.13. The summed E-state index contributed by atoms with van der Waals surface area (Å²) in [5.41, 5.74) is 0.536. The number of hydrogen-bond acceptors (Lipinski definition) is 2. The fourth-order valence-electron chi connectivity index (χ4n) is 3.24. The molecule has 1 aliphatic heterocycles. The van der Waals surface area contributed by atoms with E-state index >= 15 is 0 Å². The molecule has 1 fully saturated rings. The second kappa shape index (κ2) is 7.47. The summed E-state index contributed by atoms with van der Waals surface area (Å²) in [5, 5.41) is 5.55. The van der Waals surface area contributed by atoms with Gasteiger partial charge in [0, 0.05) is 30.7 Å². The van der Waals surface area contributed by atoms with Gasteiger partial charge in [-0.05, 0) is 49.9 Å². The van der Waals surface area contributed by atoms with E-state index in [9.17, 15) is 14.0 Å². The van der Waals surface area contributed by atoms with E-state index in [4.69, 9.17) is 0 Å². The van der Waals surface area contributed by atoms with Crippen LogP contribution in [0.5, 0.6) is 0 Å². The quantitative estimate of drug-likeness (QED) is 0.837. The van der Waals surface area contributed by atoms with Crippen molar-refractivity contribution in [2.24, 2.45) is 5.92 Å². The highest BCUT2D eigenvalue weighted by Gasteiger charge is 2.31. The maximum absolute atomic E-state index is 12.9. The number of carbonyl (C=O) groups is 2. The number of nitrogens with zero attached hydrogens (tertiary/aromatic N) is 1. The van der Waals surface area contributed by atoms with Crippen molar-refractivity contribution in [3.63, 3.8) is 0 Å². The minimum Gasteiger partial charge on any atom is -0.340 e. The number of likely N-dealkylation sites (tertiary alicyclic amines) is 1. The monoisotopic (exact) mass is 331 g/mol. The van der Waals surface area contributed by atoms with E-state index in [1.807, 2.05) is 4.90 Å². The van der Waals surface area contributed by atoms with Crippen LogP contribution in [0, 0.1) is 11.7 Å². The van der Waals surface area contributed by atoms with Gasteiger partial charge in [-0.25, -0.2) is 9.18 Å². The first-order chi connectivity index (χ1) is 11.6. The molecule has 24 heavy (non-hydrogen) atoms. The van der Waals surface area contributed by atoms with E-state index < -0.39 is 0 Å². The summed E-state index contributed by atoms with van der Waals surface area (Å²) in [6.45, 7) is 1.23. The van der Waals surface area contributed by atoms with Gasteiger partial charge in [-0.15, -0.1) is 0 Å². The summed E-state index contributed by atoms with van der Waals surface area (Å²) >= 11 is 0. The Balaban J connectivity index is 1.47.